The zero-order chi connectivity index (χ0) is 22.3. The van der Waals surface area contributed by atoms with Crippen molar-refractivity contribution in [2.75, 3.05) is 41.1 Å². The molecule has 1 saturated heterocycles. The summed E-state index contributed by atoms with van der Waals surface area (Å²) in [4.78, 5) is 12.7. The number of carbonyl (C=O) groups excluding carboxylic acids is 1. The third-order valence-electron chi connectivity index (χ3n) is 5.90. The highest BCUT2D eigenvalue weighted by Gasteiger charge is 2.34. The fraction of sp³-hybridized carbons (Fsp3) is 0.458. The van der Waals surface area contributed by atoms with Crippen molar-refractivity contribution in [3.8, 4) is 17.2 Å². The first-order valence-electron chi connectivity index (χ1n) is 10.4. The lowest BCUT2D eigenvalue weighted by Gasteiger charge is -2.38. The maximum Gasteiger partial charge on any atom is 0.220 e. The number of ether oxygens (including phenoxy) is 4. The van der Waals surface area contributed by atoms with Crippen molar-refractivity contribution < 1.29 is 23.7 Å². The summed E-state index contributed by atoms with van der Waals surface area (Å²) in [5.41, 5.74) is 2.00. The molecule has 0 aromatic heterocycles. The summed E-state index contributed by atoms with van der Waals surface area (Å²) >= 11 is 6.07. The van der Waals surface area contributed by atoms with Crippen LogP contribution in [0.15, 0.2) is 36.4 Å². The van der Waals surface area contributed by atoms with Crippen LogP contribution in [0, 0.1) is 0 Å². The zero-order valence-electron chi connectivity index (χ0n) is 18.3. The molecule has 1 fully saturated rings. The predicted octanol–water partition coefficient (Wildman–Crippen LogP) is 4.16. The summed E-state index contributed by atoms with van der Waals surface area (Å²) in [5, 5.41) is 3.85. The van der Waals surface area contributed by atoms with Crippen molar-refractivity contribution in [2.45, 2.75) is 31.1 Å². The Morgan fingerprint density at radius 2 is 1.65 bits per heavy atom. The van der Waals surface area contributed by atoms with Crippen LogP contribution in [0.1, 0.15) is 30.4 Å². The third kappa shape index (κ3) is 5.63. The van der Waals surface area contributed by atoms with Gasteiger partial charge in [0.1, 0.15) is 0 Å². The molecular weight excluding hydrogens is 418 g/mol. The standard InChI is InChI=1S/C24H30ClNO5/c1-28-20-14-17(15-21(29-2)23(20)30-3)4-9-22(27)26-16-24(10-12-31-13-11-24)18-5-7-19(25)8-6-18/h5-8,14-15H,4,9-13,16H2,1-3H3,(H,26,27). The number of halogens is 1. The van der Waals surface area contributed by atoms with Gasteiger partial charge in [-0.2, -0.15) is 0 Å². The lowest BCUT2D eigenvalue weighted by Crippen LogP contribution is -2.44. The smallest absolute Gasteiger partial charge is 0.220 e. The number of nitrogens with one attached hydrogen (secondary N) is 1. The molecule has 0 aliphatic carbocycles. The summed E-state index contributed by atoms with van der Waals surface area (Å²) in [5.74, 6) is 1.72. The number of methoxy groups -OCH3 is 3. The normalized spacial score (nSPS) is 15.2. The SMILES string of the molecule is COc1cc(CCC(=O)NCC2(c3ccc(Cl)cc3)CCOCC2)cc(OC)c1OC. The molecule has 1 aliphatic heterocycles. The van der Waals surface area contributed by atoms with Crippen LogP contribution in [0.5, 0.6) is 17.2 Å². The number of benzene rings is 2. The lowest BCUT2D eigenvalue weighted by molar-refractivity contribution is -0.121. The largest absolute Gasteiger partial charge is 0.493 e. The summed E-state index contributed by atoms with van der Waals surface area (Å²) in [6.07, 6.45) is 2.66. The molecule has 1 heterocycles. The molecule has 0 bridgehead atoms. The van der Waals surface area contributed by atoms with Crippen molar-refractivity contribution in [1.29, 1.82) is 0 Å². The van der Waals surface area contributed by atoms with Crippen LogP contribution in [0.25, 0.3) is 0 Å². The fourth-order valence-electron chi connectivity index (χ4n) is 4.03. The Kier molecular flexibility index (Phi) is 8.04. The first-order chi connectivity index (χ1) is 15.0. The fourth-order valence-corrected chi connectivity index (χ4v) is 4.15. The van der Waals surface area contributed by atoms with Crippen molar-refractivity contribution in [3.63, 3.8) is 0 Å². The number of carbonyl (C=O) groups is 1. The van der Waals surface area contributed by atoms with E-state index in [2.05, 4.69) is 17.4 Å². The topological polar surface area (TPSA) is 66.0 Å². The molecular formula is C24H30ClNO5. The molecule has 1 amide bonds. The third-order valence-corrected chi connectivity index (χ3v) is 6.15. The van der Waals surface area contributed by atoms with E-state index in [0.29, 0.717) is 54.9 Å². The average molecular weight is 448 g/mol. The second-order valence-electron chi connectivity index (χ2n) is 7.71. The first-order valence-corrected chi connectivity index (χ1v) is 10.8. The lowest BCUT2D eigenvalue weighted by atomic mass is 9.74. The molecule has 0 spiro atoms. The Balaban J connectivity index is 1.64. The minimum atomic E-state index is -0.134. The number of aryl methyl sites for hydroxylation is 1. The van der Waals surface area contributed by atoms with Gasteiger partial charge in [-0.1, -0.05) is 23.7 Å². The minimum Gasteiger partial charge on any atom is -0.493 e. The van der Waals surface area contributed by atoms with Gasteiger partial charge in [-0.05, 0) is 54.7 Å². The Morgan fingerprint density at radius 3 is 2.19 bits per heavy atom. The average Bonchev–Trinajstić information content (AvgIpc) is 2.81. The molecule has 2 aromatic carbocycles. The van der Waals surface area contributed by atoms with Gasteiger partial charge in [0.15, 0.2) is 11.5 Å². The van der Waals surface area contributed by atoms with E-state index in [0.717, 1.165) is 18.4 Å². The van der Waals surface area contributed by atoms with Gasteiger partial charge in [0.2, 0.25) is 11.7 Å². The van der Waals surface area contributed by atoms with Crippen molar-refractivity contribution in [2.24, 2.45) is 0 Å². The van der Waals surface area contributed by atoms with Gasteiger partial charge in [-0.25, -0.2) is 0 Å². The molecule has 0 radical (unpaired) electrons. The number of hydrogen-bond donors (Lipinski definition) is 1. The van der Waals surface area contributed by atoms with E-state index in [1.165, 1.54) is 5.56 Å². The summed E-state index contributed by atoms with van der Waals surface area (Å²) in [6.45, 7) is 1.94. The molecule has 0 saturated carbocycles. The highest BCUT2D eigenvalue weighted by molar-refractivity contribution is 6.30. The van der Waals surface area contributed by atoms with Crippen LogP contribution < -0.4 is 19.5 Å². The van der Waals surface area contributed by atoms with Crippen molar-refractivity contribution in [3.05, 3.63) is 52.5 Å². The van der Waals surface area contributed by atoms with Crippen LogP contribution in [0.3, 0.4) is 0 Å². The van der Waals surface area contributed by atoms with Crippen LogP contribution in [0.4, 0.5) is 0 Å². The Bertz CT molecular complexity index is 853. The van der Waals surface area contributed by atoms with Gasteiger partial charge in [-0.3, -0.25) is 4.79 Å². The predicted molar refractivity (Wildman–Crippen MR) is 121 cm³/mol. The summed E-state index contributed by atoms with van der Waals surface area (Å²) in [7, 11) is 4.73. The first kappa shape index (κ1) is 23.2. The highest BCUT2D eigenvalue weighted by atomic mass is 35.5. The Hall–Kier alpha value is -2.44. The van der Waals surface area contributed by atoms with Gasteiger partial charge >= 0.3 is 0 Å². The van der Waals surface area contributed by atoms with Crippen molar-refractivity contribution in [1.82, 2.24) is 5.32 Å². The molecule has 1 N–H and O–H groups in total. The molecule has 0 unspecified atom stereocenters. The second kappa shape index (κ2) is 10.7. The molecule has 3 rings (SSSR count). The molecule has 2 aromatic rings. The van der Waals surface area contributed by atoms with Gasteiger partial charge in [-0.15, -0.1) is 0 Å². The van der Waals surface area contributed by atoms with E-state index in [1.807, 2.05) is 24.3 Å². The van der Waals surface area contributed by atoms with Gasteiger partial charge in [0.05, 0.1) is 21.3 Å². The van der Waals surface area contributed by atoms with E-state index < -0.39 is 0 Å². The number of rotatable bonds is 9. The molecule has 168 valence electrons. The van der Waals surface area contributed by atoms with E-state index in [-0.39, 0.29) is 11.3 Å². The summed E-state index contributed by atoms with van der Waals surface area (Å²) < 4.78 is 21.7. The maximum atomic E-state index is 12.7. The van der Waals surface area contributed by atoms with E-state index in [9.17, 15) is 4.79 Å². The Labute approximate surface area is 188 Å². The van der Waals surface area contributed by atoms with E-state index >= 15 is 0 Å². The van der Waals surface area contributed by atoms with E-state index in [1.54, 1.807) is 21.3 Å². The summed E-state index contributed by atoms with van der Waals surface area (Å²) in [6, 6.07) is 11.7. The monoisotopic (exact) mass is 447 g/mol. The van der Waals surface area contributed by atoms with Crippen molar-refractivity contribution >= 4 is 17.5 Å². The van der Waals surface area contributed by atoms with E-state index in [4.69, 9.17) is 30.5 Å². The van der Waals surface area contributed by atoms with Gasteiger partial charge in [0, 0.05) is 36.6 Å². The van der Waals surface area contributed by atoms with Gasteiger partial charge in [0.25, 0.3) is 0 Å². The highest BCUT2D eigenvalue weighted by Crippen LogP contribution is 2.38. The molecule has 1 aliphatic rings. The van der Waals surface area contributed by atoms with Crippen LogP contribution in [0.2, 0.25) is 5.02 Å². The zero-order valence-corrected chi connectivity index (χ0v) is 19.1. The minimum absolute atomic E-state index is 0.00795. The number of hydrogen-bond acceptors (Lipinski definition) is 5. The molecule has 7 heteroatoms. The quantitative estimate of drug-likeness (QED) is 0.625. The van der Waals surface area contributed by atoms with Crippen LogP contribution in [-0.2, 0) is 21.4 Å². The number of amides is 1. The van der Waals surface area contributed by atoms with Crippen LogP contribution >= 0.6 is 11.6 Å². The maximum absolute atomic E-state index is 12.7. The molecule has 0 atom stereocenters. The van der Waals surface area contributed by atoms with Gasteiger partial charge < -0.3 is 24.3 Å². The second-order valence-corrected chi connectivity index (χ2v) is 8.15. The molecule has 31 heavy (non-hydrogen) atoms. The van der Waals surface area contributed by atoms with Crippen LogP contribution in [-0.4, -0.2) is 47.0 Å². The Morgan fingerprint density at radius 1 is 1.03 bits per heavy atom. The molecule has 6 nitrogen and oxygen atoms in total.